The smallest absolute Gasteiger partial charge is 0.00233 e. The summed E-state index contributed by atoms with van der Waals surface area (Å²) in [5, 5.41) is 8.22. The normalized spacial score (nSPS) is 14.9. The highest BCUT2D eigenvalue weighted by Gasteiger charge is 2.22. The maximum atomic E-state index is 2.38. The van der Waals surface area contributed by atoms with Gasteiger partial charge in [-0.15, -0.1) is 0 Å². The van der Waals surface area contributed by atoms with Crippen LogP contribution in [0.5, 0.6) is 0 Å². The first kappa shape index (κ1) is 11.7. The number of benzene rings is 4. The zero-order valence-electron chi connectivity index (χ0n) is 12.6. The van der Waals surface area contributed by atoms with Gasteiger partial charge in [-0.3, -0.25) is 0 Å². The molecular weight excluding hydrogens is 276 g/mol. The second kappa shape index (κ2) is 3.91. The molecule has 6 rings (SSSR count). The molecule has 0 amide bonds. The van der Waals surface area contributed by atoms with E-state index in [4.69, 9.17) is 0 Å². The van der Waals surface area contributed by atoms with Gasteiger partial charge in [-0.05, 0) is 73.1 Å². The lowest BCUT2D eigenvalue weighted by molar-refractivity contribution is 1.25. The molecule has 0 atom stereocenters. The van der Waals surface area contributed by atoms with E-state index in [1.807, 2.05) is 0 Å². The van der Waals surface area contributed by atoms with E-state index in [0.29, 0.717) is 0 Å². The Morgan fingerprint density at radius 1 is 0.739 bits per heavy atom. The topological polar surface area (TPSA) is 0 Å². The molecule has 0 N–H and O–H groups in total. The predicted octanol–water partition coefficient (Wildman–Crippen LogP) is 6.11. The lowest BCUT2D eigenvalue weighted by Crippen LogP contribution is -1.95. The third kappa shape index (κ3) is 1.37. The molecule has 0 heterocycles. The Morgan fingerprint density at radius 3 is 2.65 bits per heavy atom. The minimum atomic E-state index is 1.05. The largest absolute Gasteiger partial charge is 0.0795 e. The molecule has 0 fully saturated rings. The molecule has 0 aromatic heterocycles. The Morgan fingerprint density at radius 2 is 1.65 bits per heavy atom. The Hall–Kier alpha value is -2.86. The van der Waals surface area contributed by atoms with E-state index < -0.39 is 0 Å². The fourth-order valence-electron chi connectivity index (χ4n) is 4.37. The number of rotatable bonds is 0. The molecule has 0 aliphatic heterocycles. The van der Waals surface area contributed by atoms with Crippen molar-refractivity contribution in [3.8, 4) is 0 Å². The average Bonchev–Trinajstić information content (AvgIpc) is 3.00. The van der Waals surface area contributed by atoms with Crippen molar-refractivity contribution in [2.45, 2.75) is 6.42 Å². The maximum absolute atomic E-state index is 2.38. The molecule has 2 aliphatic rings. The van der Waals surface area contributed by atoms with E-state index in [-0.39, 0.29) is 0 Å². The molecule has 2 aliphatic carbocycles. The number of allylic oxidation sites excluding steroid dienone is 3. The molecule has 0 bridgehead atoms. The van der Waals surface area contributed by atoms with Gasteiger partial charge in [0.2, 0.25) is 0 Å². The van der Waals surface area contributed by atoms with Crippen molar-refractivity contribution in [3.05, 3.63) is 83.4 Å². The number of hydrogen-bond donors (Lipinski definition) is 0. The first-order valence-electron chi connectivity index (χ1n) is 8.19. The Labute approximate surface area is 134 Å². The quantitative estimate of drug-likeness (QED) is 0.270. The fraction of sp³-hybridized carbons (Fsp3) is 0.0435. The lowest BCUT2D eigenvalue weighted by Gasteiger charge is -2.14. The van der Waals surface area contributed by atoms with Gasteiger partial charge in [-0.1, -0.05) is 60.7 Å². The molecule has 0 unspecified atom stereocenters. The highest BCUT2D eigenvalue weighted by molar-refractivity contribution is 6.23. The first-order valence-corrected chi connectivity index (χ1v) is 8.19. The highest BCUT2D eigenvalue weighted by Crippen LogP contribution is 2.45. The predicted molar refractivity (Wildman–Crippen MR) is 99.7 cm³/mol. The summed E-state index contributed by atoms with van der Waals surface area (Å²) in [7, 11) is 0. The van der Waals surface area contributed by atoms with Crippen LogP contribution in [0.3, 0.4) is 0 Å². The zero-order chi connectivity index (χ0) is 15.0. The average molecular weight is 290 g/mol. The van der Waals surface area contributed by atoms with Gasteiger partial charge >= 0.3 is 0 Å². The monoisotopic (exact) mass is 290 g/mol. The third-order valence-electron chi connectivity index (χ3n) is 5.38. The molecule has 106 valence electrons. The molecule has 0 radical (unpaired) electrons. The third-order valence-corrected chi connectivity index (χ3v) is 5.38. The van der Waals surface area contributed by atoms with Crippen LogP contribution in [0, 0.1) is 0 Å². The molecule has 0 heteroatoms. The van der Waals surface area contributed by atoms with Gasteiger partial charge in [0.1, 0.15) is 0 Å². The van der Waals surface area contributed by atoms with Crippen molar-refractivity contribution in [1.29, 1.82) is 0 Å². The van der Waals surface area contributed by atoms with Crippen molar-refractivity contribution in [1.82, 2.24) is 0 Å². The van der Waals surface area contributed by atoms with Gasteiger partial charge in [0.25, 0.3) is 0 Å². The van der Waals surface area contributed by atoms with Crippen LogP contribution in [0.1, 0.15) is 16.7 Å². The first-order chi connectivity index (χ1) is 11.4. The lowest BCUT2D eigenvalue weighted by atomic mass is 9.89. The van der Waals surface area contributed by atoms with Crippen LogP contribution < -0.4 is 0 Å². The summed E-state index contributed by atoms with van der Waals surface area (Å²) < 4.78 is 0. The molecular formula is C23H14. The number of fused-ring (bicyclic) bond motifs is 4. The van der Waals surface area contributed by atoms with Crippen LogP contribution in [0.15, 0.2) is 66.7 Å². The second-order valence-corrected chi connectivity index (χ2v) is 6.58. The Kier molecular flexibility index (Phi) is 1.98. The summed E-state index contributed by atoms with van der Waals surface area (Å²) in [5.74, 6) is 0. The second-order valence-electron chi connectivity index (χ2n) is 6.58. The molecule has 0 nitrogen and oxygen atoms in total. The van der Waals surface area contributed by atoms with Gasteiger partial charge in [0.05, 0.1) is 0 Å². The summed E-state index contributed by atoms with van der Waals surface area (Å²) in [6.45, 7) is 0. The molecule has 4 aromatic rings. The van der Waals surface area contributed by atoms with Crippen molar-refractivity contribution in [3.63, 3.8) is 0 Å². The minimum Gasteiger partial charge on any atom is -0.0795 e. The summed E-state index contributed by atoms with van der Waals surface area (Å²) in [6, 6.07) is 20.2. The van der Waals surface area contributed by atoms with E-state index in [9.17, 15) is 0 Å². The summed E-state index contributed by atoms with van der Waals surface area (Å²) in [6.07, 6.45) is 8.00. The molecule has 0 saturated heterocycles. The molecule has 0 spiro atoms. The van der Waals surface area contributed by atoms with Crippen molar-refractivity contribution < 1.29 is 0 Å². The van der Waals surface area contributed by atoms with E-state index in [2.05, 4.69) is 72.8 Å². The highest BCUT2D eigenvalue weighted by atomic mass is 14.3. The van der Waals surface area contributed by atoms with Crippen molar-refractivity contribution in [2.75, 3.05) is 0 Å². The molecule has 0 saturated carbocycles. The van der Waals surface area contributed by atoms with Crippen LogP contribution in [-0.2, 0) is 6.42 Å². The van der Waals surface area contributed by atoms with Crippen molar-refractivity contribution >= 4 is 44.0 Å². The van der Waals surface area contributed by atoms with Gasteiger partial charge in [-0.2, -0.15) is 0 Å². The van der Waals surface area contributed by atoms with Crippen LogP contribution in [-0.4, -0.2) is 0 Å². The van der Waals surface area contributed by atoms with Gasteiger partial charge in [-0.25, -0.2) is 0 Å². The Balaban J connectivity index is 1.91. The summed E-state index contributed by atoms with van der Waals surface area (Å²) >= 11 is 0. The Bertz CT molecular complexity index is 1220. The molecule has 23 heavy (non-hydrogen) atoms. The van der Waals surface area contributed by atoms with Crippen LogP contribution >= 0.6 is 0 Å². The SMILES string of the molecule is C1=CC2=Cc3c4ccc5ccccc5c4cc4ccc(c2c34)C1. The van der Waals surface area contributed by atoms with E-state index in [1.165, 1.54) is 54.6 Å². The standard InChI is InChI=1S/C23H14/c1-2-7-18-14(4-1)10-11-19-20(18)12-17-9-8-15-5-3-6-16-13-21(19)23(17)22(15)16/h1-4,6-13H,5H2. The van der Waals surface area contributed by atoms with Gasteiger partial charge < -0.3 is 0 Å². The van der Waals surface area contributed by atoms with E-state index >= 15 is 0 Å². The van der Waals surface area contributed by atoms with Gasteiger partial charge in [0.15, 0.2) is 0 Å². The zero-order valence-corrected chi connectivity index (χ0v) is 12.6. The van der Waals surface area contributed by atoms with E-state index in [1.54, 1.807) is 0 Å². The molecule has 4 aromatic carbocycles. The van der Waals surface area contributed by atoms with Crippen molar-refractivity contribution in [2.24, 2.45) is 0 Å². The fourth-order valence-corrected chi connectivity index (χ4v) is 4.37. The summed E-state index contributed by atoms with van der Waals surface area (Å²) in [5.41, 5.74) is 5.72. The van der Waals surface area contributed by atoms with Crippen LogP contribution in [0.4, 0.5) is 0 Å². The number of hydrogen-bond acceptors (Lipinski definition) is 0. The van der Waals surface area contributed by atoms with E-state index in [0.717, 1.165) is 6.42 Å². The van der Waals surface area contributed by atoms with Crippen LogP contribution in [0.2, 0.25) is 0 Å². The maximum Gasteiger partial charge on any atom is -0.00233 e. The summed E-state index contributed by atoms with van der Waals surface area (Å²) in [4.78, 5) is 0. The van der Waals surface area contributed by atoms with Crippen LogP contribution in [0.25, 0.3) is 44.0 Å². The minimum absolute atomic E-state index is 1.05. The van der Waals surface area contributed by atoms with Gasteiger partial charge in [0, 0.05) is 0 Å².